The van der Waals surface area contributed by atoms with Gasteiger partial charge in [0.15, 0.2) is 0 Å². The van der Waals surface area contributed by atoms with Crippen molar-refractivity contribution < 1.29 is 14.6 Å². The van der Waals surface area contributed by atoms with Gasteiger partial charge in [0.25, 0.3) is 0 Å². The van der Waals surface area contributed by atoms with Gasteiger partial charge in [0, 0.05) is 17.9 Å². The topological polar surface area (TPSA) is 58.6 Å². The summed E-state index contributed by atoms with van der Waals surface area (Å²) in [4.78, 5) is 12.2. The fraction of sp³-hybridized carbons (Fsp3) is 0.611. The molecule has 2 N–H and O–H groups in total. The standard InChI is InChI=1S/C18H27NO3/c1-3-22-15-8-5-4-7-14(15)10-11-17(21)19-16-9-6-12-18(16,2)13-20/h4-5,7-8,16,20H,3,6,9-13H2,1-2H3,(H,19,21). The van der Waals surface area contributed by atoms with Crippen LogP contribution in [0.3, 0.4) is 0 Å². The summed E-state index contributed by atoms with van der Waals surface area (Å²) in [6, 6.07) is 7.95. The fourth-order valence-corrected chi connectivity index (χ4v) is 3.19. The molecule has 1 aliphatic carbocycles. The Balaban J connectivity index is 1.88. The molecule has 2 rings (SSSR count). The van der Waals surface area contributed by atoms with E-state index in [4.69, 9.17) is 4.74 Å². The predicted molar refractivity (Wildman–Crippen MR) is 86.9 cm³/mol. The Labute approximate surface area is 132 Å². The summed E-state index contributed by atoms with van der Waals surface area (Å²) in [5, 5.41) is 12.6. The zero-order valence-corrected chi connectivity index (χ0v) is 13.6. The third kappa shape index (κ3) is 4.01. The first-order valence-corrected chi connectivity index (χ1v) is 8.20. The molecule has 0 heterocycles. The second kappa shape index (κ2) is 7.63. The van der Waals surface area contributed by atoms with Crippen molar-refractivity contribution in [3.05, 3.63) is 29.8 Å². The Bertz CT molecular complexity index is 503. The molecule has 4 heteroatoms. The second-order valence-electron chi connectivity index (χ2n) is 6.37. The molecule has 1 aliphatic rings. The van der Waals surface area contributed by atoms with Gasteiger partial charge in [-0.05, 0) is 37.8 Å². The highest BCUT2D eigenvalue weighted by Gasteiger charge is 2.38. The third-order valence-corrected chi connectivity index (χ3v) is 4.67. The van der Waals surface area contributed by atoms with Crippen molar-refractivity contribution in [3.8, 4) is 5.75 Å². The SMILES string of the molecule is CCOc1ccccc1CCC(=O)NC1CCCC1(C)CO. The molecule has 0 aromatic heterocycles. The lowest BCUT2D eigenvalue weighted by Gasteiger charge is -2.30. The number of rotatable bonds is 7. The molecule has 1 aromatic rings. The summed E-state index contributed by atoms with van der Waals surface area (Å²) < 4.78 is 5.59. The minimum absolute atomic E-state index is 0.0536. The van der Waals surface area contributed by atoms with Crippen LogP contribution in [0.4, 0.5) is 0 Å². The number of aliphatic hydroxyl groups is 1. The summed E-state index contributed by atoms with van der Waals surface area (Å²) in [6.45, 7) is 4.76. The molecule has 1 aromatic carbocycles. The molecule has 4 nitrogen and oxygen atoms in total. The average Bonchev–Trinajstić information content (AvgIpc) is 2.88. The molecule has 0 saturated heterocycles. The molecule has 2 atom stereocenters. The van der Waals surface area contributed by atoms with E-state index in [1.807, 2.05) is 31.2 Å². The van der Waals surface area contributed by atoms with Gasteiger partial charge < -0.3 is 15.2 Å². The van der Waals surface area contributed by atoms with E-state index in [1.54, 1.807) is 0 Å². The summed E-state index contributed by atoms with van der Waals surface area (Å²) in [5.74, 6) is 0.914. The van der Waals surface area contributed by atoms with Crippen molar-refractivity contribution in [3.63, 3.8) is 0 Å². The first-order chi connectivity index (χ1) is 10.6. The number of hydrogen-bond acceptors (Lipinski definition) is 3. The average molecular weight is 305 g/mol. The smallest absolute Gasteiger partial charge is 0.220 e. The van der Waals surface area contributed by atoms with Crippen molar-refractivity contribution in [1.82, 2.24) is 5.32 Å². The largest absolute Gasteiger partial charge is 0.494 e. The van der Waals surface area contributed by atoms with Crippen molar-refractivity contribution in [1.29, 1.82) is 0 Å². The van der Waals surface area contributed by atoms with Gasteiger partial charge in [-0.2, -0.15) is 0 Å². The van der Waals surface area contributed by atoms with Crippen molar-refractivity contribution in [2.45, 2.75) is 52.0 Å². The minimum Gasteiger partial charge on any atom is -0.494 e. The summed E-state index contributed by atoms with van der Waals surface area (Å²) in [7, 11) is 0. The first kappa shape index (κ1) is 16.8. The van der Waals surface area contributed by atoms with Crippen LogP contribution >= 0.6 is 0 Å². The van der Waals surface area contributed by atoms with E-state index in [9.17, 15) is 9.90 Å². The van der Waals surface area contributed by atoms with Crippen molar-refractivity contribution >= 4 is 5.91 Å². The Hall–Kier alpha value is -1.55. The van der Waals surface area contributed by atoms with E-state index in [0.29, 0.717) is 19.4 Å². The van der Waals surface area contributed by atoms with Gasteiger partial charge >= 0.3 is 0 Å². The number of amides is 1. The lowest BCUT2D eigenvalue weighted by molar-refractivity contribution is -0.122. The fourth-order valence-electron chi connectivity index (χ4n) is 3.19. The highest BCUT2D eigenvalue weighted by Crippen LogP contribution is 2.37. The van der Waals surface area contributed by atoms with Crippen LogP contribution in [0.15, 0.2) is 24.3 Å². The number of ether oxygens (including phenoxy) is 1. The highest BCUT2D eigenvalue weighted by molar-refractivity contribution is 5.76. The van der Waals surface area contributed by atoms with Gasteiger partial charge in [-0.1, -0.05) is 31.5 Å². The number of para-hydroxylation sites is 1. The Morgan fingerprint density at radius 2 is 2.23 bits per heavy atom. The van der Waals surface area contributed by atoms with Gasteiger partial charge in [-0.15, -0.1) is 0 Å². The van der Waals surface area contributed by atoms with Crippen LogP contribution in [-0.4, -0.2) is 30.3 Å². The summed E-state index contributed by atoms with van der Waals surface area (Å²) in [5.41, 5.74) is 0.898. The molecule has 122 valence electrons. The van der Waals surface area contributed by atoms with Gasteiger partial charge in [0.05, 0.1) is 13.2 Å². The lowest BCUT2D eigenvalue weighted by Crippen LogP contribution is -2.44. The van der Waals surface area contributed by atoms with Crippen LogP contribution in [0.25, 0.3) is 0 Å². The van der Waals surface area contributed by atoms with Gasteiger partial charge in [0.1, 0.15) is 5.75 Å². The molecule has 2 unspecified atom stereocenters. The van der Waals surface area contributed by atoms with E-state index in [1.165, 1.54) is 0 Å². The molecule has 0 bridgehead atoms. The maximum atomic E-state index is 12.2. The number of hydrogen-bond donors (Lipinski definition) is 2. The number of aryl methyl sites for hydroxylation is 1. The number of benzene rings is 1. The molecular formula is C18H27NO3. The van der Waals surface area contributed by atoms with E-state index >= 15 is 0 Å². The predicted octanol–water partition coefficient (Wildman–Crippen LogP) is 2.69. The van der Waals surface area contributed by atoms with Gasteiger partial charge in [0.2, 0.25) is 5.91 Å². The van der Waals surface area contributed by atoms with Crippen molar-refractivity contribution in [2.75, 3.05) is 13.2 Å². The van der Waals surface area contributed by atoms with E-state index < -0.39 is 0 Å². The number of carbonyl (C=O) groups is 1. The van der Waals surface area contributed by atoms with Crippen LogP contribution in [0.1, 0.15) is 45.1 Å². The normalized spacial score (nSPS) is 24.2. The Kier molecular flexibility index (Phi) is 5.83. The number of carbonyl (C=O) groups excluding carboxylic acids is 1. The first-order valence-electron chi connectivity index (χ1n) is 8.20. The van der Waals surface area contributed by atoms with Crippen LogP contribution in [-0.2, 0) is 11.2 Å². The minimum atomic E-state index is -0.168. The van der Waals surface area contributed by atoms with E-state index in [-0.39, 0.29) is 24.0 Å². The Morgan fingerprint density at radius 3 is 2.95 bits per heavy atom. The number of aliphatic hydroxyl groups excluding tert-OH is 1. The number of nitrogens with one attached hydrogen (secondary N) is 1. The Morgan fingerprint density at radius 1 is 1.45 bits per heavy atom. The molecule has 22 heavy (non-hydrogen) atoms. The molecule has 1 saturated carbocycles. The van der Waals surface area contributed by atoms with Crippen LogP contribution in [0, 0.1) is 5.41 Å². The summed E-state index contributed by atoms with van der Waals surface area (Å²) >= 11 is 0. The maximum Gasteiger partial charge on any atom is 0.220 e. The van der Waals surface area contributed by atoms with Crippen molar-refractivity contribution in [2.24, 2.45) is 5.41 Å². The molecule has 1 amide bonds. The molecule has 1 fully saturated rings. The zero-order chi connectivity index (χ0) is 16.0. The quantitative estimate of drug-likeness (QED) is 0.814. The van der Waals surface area contributed by atoms with E-state index in [2.05, 4.69) is 12.2 Å². The maximum absolute atomic E-state index is 12.2. The van der Waals surface area contributed by atoms with Crippen LogP contribution in [0.5, 0.6) is 5.75 Å². The molecular weight excluding hydrogens is 278 g/mol. The second-order valence-corrected chi connectivity index (χ2v) is 6.37. The molecule has 0 aliphatic heterocycles. The summed E-state index contributed by atoms with van der Waals surface area (Å²) in [6.07, 6.45) is 4.11. The molecule has 0 spiro atoms. The zero-order valence-electron chi connectivity index (χ0n) is 13.6. The lowest BCUT2D eigenvalue weighted by atomic mass is 9.85. The third-order valence-electron chi connectivity index (χ3n) is 4.67. The monoisotopic (exact) mass is 305 g/mol. The van der Waals surface area contributed by atoms with Gasteiger partial charge in [-0.3, -0.25) is 4.79 Å². The van der Waals surface area contributed by atoms with Crippen LogP contribution in [0.2, 0.25) is 0 Å². The van der Waals surface area contributed by atoms with E-state index in [0.717, 1.165) is 30.6 Å². The highest BCUT2D eigenvalue weighted by atomic mass is 16.5. The van der Waals surface area contributed by atoms with Gasteiger partial charge in [-0.25, -0.2) is 0 Å². The molecule has 0 radical (unpaired) electrons. The van der Waals surface area contributed by atoms with Crippen LogP contribution < -0.4 is 10.1 Å².